The van der Waals surface area contributed by atoms with Gasteiger partial charge in [0, 0.05) is 6.42 Å². The molecule has 0 radical (unpaired) electrons. The molecule has 1 N–H and O–H groups in total. The van der Waals surface area contributed by atoms with E-state index >= 15 is 0 Å². The van der Waals surface area contributed by atoms with Crippen molar-refractivity contribution in [1.29, 1.82) is 0 Å². The summed E-state index contributed by atoms with van der Waals surface area (Å²) in [7, 11) is 0. The Balaban J connectivity index is 1.79. The molecule has 6 heteroatoms. The van der Waals surface area contributed by atoms with E-state index in [9.17, 15) is 14.4 Å². The molecule has 2 rings (SSSR count). The SMILES string of the molecule is CC(C)C(=O)Oc1ccc(COC(=O)c2ccc(CCCCC(=O)O)cc2)cc1. The number of ether oxygens (including phenoxy) is 2. The Labute approximate surface area is 170 Å². The van der Waals surface area contributed by atoms with Crippen molar-refractivity contribution < 1.29 is 29.0 Å². The van der Waals surface area contributed by atoms with Gasteiger partial charge in [-0.15, -0.1) is 0 Å². The van der Waals surface area contributed by atoms with Crippen LogP contribution in [0.1, 0.15) is 54.6 Å². The van der Waals surface area contributed by atoms with E-state index in [1.54, 1.807) is 50.2 Å². The molecule has 0 atom stereocenters. The van der Waals surface area contributed by atoms with E-state index in [1.807, 2.05) is 12.1 Å². The van der Waals surface area contributed by atoms with Crippen molar-refractivity contribution in [3.63, 3.8) is 0 Å². The van der Waals surface area contributed by atoms with Gasteiger partial charge in [-0.05, 0) is 54.7 Å². The molecule has 0 saturated heterocycles. The van der Waals surface area contributed by atoms with Gasteiger partial charge in [-0.1, -0.05) is 38.1 Å². The highest BCUT2D eigenvalue weighted by Gasteiger charge is 2.10. The van der Waals surface area contributed by atoms with Crippen molar-refractivity contribution in [3.05, 3.63) is 65.2 Å². The van der Waals surface area contributed by atoms with Crippen molar-refractivity contribution >= 4 is 17.9 Å². The van der Waals surface area contributed by atoms with E-state index in [0.29, 0.717) is 17.7 Å². The van der Waals surface area contributed by atoms with Gasteiger partial charge in [0.25, 0.3) is 0 Å². The first-order valence-electron chi connectivity index (χ1n) is 9.63. The van der Waals surface area contributed by atoms with E-state index in [-0.39, 0.29) is 24.9 Å². The van der Waals surface area contributed by atoms with Gasteiger partial charge in [-0.25, -0.2) is 4.79 Å². The number of aliphatic carboxylic acids is 1. The summed E-state index contributed by atoms with van der Waals surface area (Å²) < 4.78 is 10.5. The summed E-state index contributed by atoms with van der Waals surface area (Å²) in [6.45, 7) is 3.65. The van der Waals surface area contributed by atoms with Gasteiger partial charge in [0.15, 0.2) is 0 Å². The number of hydrogen-bond donors (Lipinski definition) is 1. The summed E-state index contributed by atoms with van der Waals surface area (Å²) in [5.41, 5.74) is 2.30. The van der Waals surface area contributed by atoms with Crippen molar-refractivity contribution in [3.8, 4) is 5.75 Å². The summed E-state index contributed by atoms with van der Waals surface area (Å²) >= 11 is 0. The van der Waals surface area contributed by atoms with E-state index < -0.39 is 11.9 Å². The first-order valence-corrected chi connectivity index (χ1v) is 9.63. The smallest absolute Gasteiger partial charge is 0.338 e. The molecule has 0 spiro atoms. The van der Waals surface area contributed by atoms with Gasteiger partial charge in [0.2, 0.25) is 0 Å². The second kappa shape index (κ2) is 11.0. The predicted octanol–water partition coefficient (Wildman–Crippen LogP) is 4.40. The Bertz CT molecular complexity index is 821. The van der Waals surface area contributed by atoms with Crippen LogP contribution in [0.25, 0.3) is 0 Å². The minimum absolute atomic E-state index is 0.119. The number of benzene rings is 2. The Hall–Kier alpha value is -3.15. The van der Waals surface area contributed by atoms with Gasteiger partial charge in [0.05, 0.1) is 11.5 Å². The maximum absolute atomic E-state index is 12.2. The van der Waals surface area contributed by atoms with Gasteiger partial charge >= 0.3 is 17.9 Å². The third kappa shape index (κ3) is 7.78. The Morgan fingerprint density at radius 3 is 2.10 bits per heavy atom. The number of aryl methyl sites for hydroxylation is 1. The summed E-state index contributed by atoms with van der Waals surface area (Å²) in [6, 6.07) is 14.0. The zero-order valence-corrected chi connectivity index (χ0v) is 16.7. The van der Waals surface area contributed by atoms with Gasteiger partial charge in [-0.3, -0.25) is 9.59 Å². The molecular weight excluding hydrogens is 372 g/mol. The van der Waals surface area contributed by atoms with E-state index in [0.717, 1.165) is 24.0 Å². The molecule has 0 aliphatic carbocycles. The van der Waals surface area contributed by atoms with Gasteiger partial charge in [0.1, 0.15) is 12.4 Å². The van der Waals surface area contributed by atoms with Crippen LogP contribution in [0.5, 0.6) is 5.75 Å². The van der Waals surface area contributed by atoms with Gasteiger partial charge < -0.3 is 14.6 Å². The second-order valence-corrected chi connectivity index (χ2v) is 7.09. The first-order chi connectivity index (χ1) is 13.8. The average molecular weight is 398 g/mol. The summed E-state index contributed by atoms with van der Waals surface area (Å²) in [5, 5.41) is 8.64. The molecular formula is C23H26O6. The standard InChI is InChI=1S/C23H26O6/c1-16(2)22(26)29-20-13-9-18(10-14-20)15-28-23(27)19-11-7-17(8-12-19)5-3-4-6-21(24)25/h7-14,16H,3-6,15H2,1-2H3,(H,24,25). The molecule has 29 heavy (non-hydrogen) atoms. The first kappa shape index (κ1) is 22.1. The Morgan fingerprint density at radius 2 is 1.52 bits per heavy atom. The van der Waals surface area contributed by atoms with Crippen molar-refractivity contribution in [1.82, 2.24) is 0 Å². The van der Waals surface area contributed by atoms with Crippen molar-refractivity contribution in [2.45, 2.75) is 46.1 Å². The van der Waals surface area contributed by atoms with Crippen LogP contribution in [-0.2, 0) is 27.4 Å². The molecule has 0 heterocycles. The Morgan fingerprint density at radius 1 is 0.897 bits per heavy atom. The van der Waals surface area contributed by atoms with E-state index in [2.05, 4.69) is 0 Å². The van der Waals surface area contributed by atoms with Crippen LogP contribution in [0.15, 0.2) is 48.5 Å². The molecule has 0 unspecified atom stereocenters. The number of unbranched alkanes of at least 4 members (excludes halogenated alkanes) is 1. The second-order valence-electron chi connectivity index (χ2n) is 7.09. The van der Waals surface area contributed by atoms with Crippen LogP contribution in [0.4, 0.5) is 0 Å². The lowest BCUT2D eigenvalue weighted by atomic mass is 10.1. The molecule has 0 bridgehead atoms. The topological polar surface area (TPSA) is 89.9 Å². The van der Waals surface area contributed by atoms with Crippen LogP contribution in [-0.4, -0.2) is 23.0 Å². The summed E-state index contributed by atoms with van der Waals surface area (Å²) in [4.78, 5) is 34.3. The fraction of sp³-hybridized carbons (Fsp3) is 0.348. The number of esters is 2. The van der Waals surface area contributed by atoms with Gasteiger partial charge in [-0.2, -0.15) is 0 Å². The van der Waals surface area contributed by atoms with Crippen molar-refractivity contribution in [2.75, 3.05) is 0 Å². The number of carbonyl (C=O) groups excluding carboxylic acids is 2. The number of hydrogen-bond acceptors (Lipinski definition) is 5. The summed E-state index contributed by atoms with van der Waals surface area (Å²) in [6.07, 6.45) is 2.37. The molecule has 0 amide bonds. The molecule has 0 saturated carbocycles. The van der Waals surface area contributed by atoms with Crippen LogP contribution in [0.3, 0.4) is 0 Å². The van der Waals surface area contributed by atoms with Crippen LogP contribution in [0, 0.1) is 5.92 Å². The van der Waals surface area contributed by atoms with Crippen LogP contribution < -0.4 is 4.74 Å². The van der Waals surface area contributed by atoms with E-state index in [4.69, 9.17) is 14.6 Å². The zero-order chi connectivity index (χ0) is 21.2. The quantitative estimate of drug-likeness (QED) is 0.362. The normalized spacial score (nSPS) is 10.6. The fourth-order valence-electron chi connectivity index (χ4n) is 2.53. The maximum atomic E-state index is 12.2. The maximum Gasteiger partial charge on any atom is 0.338 e. The summed E-state index contributed by atoms with van der Waals surface area (Å²) in [5.74, 6) is -1.24. The molecule has 6 nitrogen and oxygen atoms in total. The van der Waals surface area contributed by atoms with Crippen LogP contribution in [0.2, 0.25) is 0 Å². The third-order valence-electron chi connectivity index (χ3n) is 4.28. The lowest BCUT2D eigenvalue weighted by molar-refractivity contribution is -0.138. The number of rotatable bonds is 10. The Kier molecular flexibility index (Phi) is 8.40. The minimum atomic E-state index is -0.783. The van der Waals surface area contributed by atoms with Crippen molar-refractivity contribution in [2.24, 2.45) is 5.92 Å². The molecule has 154 valence electrons. The molecule has 2 aromatic carbocycles. The number of carboxylic acids is 1. The molecule has 0 aliphatic rings. The number of carboxylic acid groups (broad SMARTS) is 1. The monoisotopic (exact) mass is 398 g/mol. The number of carbonyl (C=O) groups is 3. The average Bonchev–Trinajstić information content (AvgIpc) is 2.70. The highest BCUT2D eigenvalue weighted by Crippen LogP contribution is 2.16. The molecule has 2 aromatic rings. The largest absolute Gasteiger partial charge is 0.481 e. The van der Waals surface area contributed by atoms with Crippen LogP contribution >= 0.6 is 0 Å². The highest BCUT2D eigenvalue weighted by atomic mass is 16.5. The molecule has 0 aliphatic heterocycles. The molecule has 0 aromatic heterocycles. The highest BCUT2D eigenvalue weighted by molar-refractivity contribution is 5.89. The fourth-order valence-corrected chi connectivity index (χ4v) is 2.53. The third-order valence-corrected chi connectivity index (χ3v) is 4.28. The minimum Gasteiger partial charge on any atom is -0.481 e. The predicted molar refractivity (Wildman–Crippen MR) is 108 cm³/mol. The van der Waals surface area contributed by atoms with E-state index in [1.165, 1.54) is 0 Å². The lowest BCUT2D eigenvalue weighted by Gasteiger charge is -2.08. The molecule has 0 fully saturated rings. The zero-order valence-electron chi connectivity index (χ0n) is 16.7. The lowest BCUT2D eigenvalue weighted by Crippen LogP contribution is -2.14.